The first-order chi connectivity index (χ1) is 8.83. The molecule has 3 nitrogen and oxygen atoms in total. The number of aromatic nitrogens is 1. The van der Waals surface area contributed by atoms with Gasteiger partial charge in [0.05, 0.1) is 12.5 Å². The number of hydrogen-bond acceptors (Lipinski definition) is 3. The molecule has 1 heterocycles. The van der Waals surface area contributed by atoms with Crippen LogP contribution in [0, 0.1) is 0 Å². The van der Waals surface area contributed by atoms with Gasteiger partial charge in [0.25, 0.3) is 0 Å². The number of aliphatic hydroxyl groups excluding tert-OH is 1. The molecule has 3 heteroatoms. The zero-order chi connectivity index (χ0) is 12.4. The molecular weight excluding hydrogens is 226 g/mol. The van der Waals surface area contributed by atoms with Crippen LogP contribution in [0.2, 0.25) is 0 Å². The van der Waals surface area contributed by atoms with Crippen LogP contribution < -0.4 is 0 Å². The average Bonchev–Trinajstić information content (AvgIpc) is 2.82. The molecule has 90 valence electrons. The second-order valence-corrected chi connectivity index (χ2v) is 4.21. The van der Waals surface area contributed by atoms with E-state index in [1.165, 1.54) is 0 Å². The largest absolute Gasteiger partial charge is 0.441 e. The summed E-state index contributed by atoms with van der Waals surface area (Å²) in [6, 6.07) is 17.1. The Bertz CT molecular complexity index is 613. The van der Waals surface area contributed by atoms with Crippen LogP contribution in [0.3, 0.4) is 0 Å². The first-order valence-electron chi connectivity index (χ1n) is 5.90. The maximum atomic E-state index is 10.1. The molecule has 0 radical (unpaired) electrons. The van der Waals surface area contributed by atoms with Crippen molar-refractivity contribution in [3.8, 4) is 0 Å². The molecule has 0 amide bonds. The van der Waals surface area contributed by atoms with E-state index in [4.69, 9.17) is 4.42 Å². The zero-order valence-electron chi connectivity index (χ0n) is 9.78. The predicted molar refractivity (Wildman–Crippen MR) is 69.1 cm³/mol. The van der Waals surface area contributed by atoms with Crippen molar-refractivity contribution >= 4 is 11.1 Å². The molecule has 1 N–H and O–H groups in total. The second-order valence-electron chi connectivity index (χ2n) is 4.21. The first-order valence-corrected chi connectivity index (χ1v) is 5.90. The molecule has 3 aromatic rings. The number of hydrogen-bond donors (Lipinski definition) is 1. The summed E-state index contributed by atoms with van der Waals surface area (Å²) in [7, 11) is 0. The van der Waals surface area contributed by atoms with E-state index in [-0.39, 0.29) is 0 Å². The van der Waals surface area contributed by atoms with Gasteiger partial charge in [-0.05, 0) is 17.7 Å². The fourth-order valence-corrected chi connectivity index (χ4v) is 1.97. The molecule has 0 saturated heterocycles. The van der Waals surface area contributed by atoms with E-state index in [2.05, 4.69) is 4.98 Å². The smallest absolute Gasteiger partial charge is 0.198 e. The fraction of sp³-hybridized carbons (Fsp3) is 0.133. The fourth-order valence-electron chi connectivity index (χ4n) is 1.97. The van der Waals surface area contributed by atoms with E-state index in [0.29, 0.717) is 12.3 Å². The van der Waals surface area contributed by atoms with Crippen LogP contribution in [0.1, 0.15) is 17.6 Å². The van der Waals surface area contributed by atoms with Crippen LogP contribution in [-0.4, -0.2) is 10.1 Å². The Kier molecular flexibility index (Phi) is 2.82. The van der Waals surface area contributed by atoms with Crippen LogP contribution in [0.4, 0.5) is 0 Å². The molecule has 1 aromatic heterocycles. The van der Waals surface area contributed by atoms with Crippen LogP contribution in [0.5, 0.6) is 0 Å². The number of fused-ring (bicyclic) bond motifs is 1. The van der Waals surface area contributed by atoms with E-state index in [1.807, 2.05) is 54.6 Å². The highest BCUT2D eigenvalue weighted by atomic mass is 16.4. The van der Waals surface area contributed by atoms with Crippen molar-refractivity contribution in [1.82, 2.24) is 4.98 Å². The minimum atomic E-state index is -0.584. The number of rotatable bonds is 3. The lowest BCUT2D eigenvalue weighted by atomic mass is 10.1. The summed E-state index contributed by atoms with van der Waals surface area (Å²) in [6.45, 7) is 0. The molecule has 18 heavy (non-hydrogen) atoms. The Hall–Kier alpha value is -2.13. The summed E-state index contributed by atoms with van der Waals surface area (Å²) in [6.07, 6.45) is -0.196. The summed E-state index contributed by atoms with van der Waals surface area (Å²) >= 11 is 0. The van der Waals surface area contributed by atoms with Gasteiger partial charge in [-0.2, -0.15) is 0 Å². The number of benzene rings is 2. The minimum Gasteiger partial charge on any atom is -0.441 e. The topological polar surface area (TPSA) is 46.3 Å². The van der Waals surface area contributed by atoms with Gasteiger partial charge in [0, 0.05) is 0 Å². The van der Waals surface area contributed by atoms with Gasteiger partial charge in [0.15, 0.2) is 11.5 Å². The van der Waals surface area contributed by atoms with Gasteiger partial charge in [0.1, 0.15) is 5.52 Å². The maximum absolute atomic E-state index is 10.1. The minimum absolute atomic E-state index is 0.388. The Balaban J connectivity index is 1.84. The van der Waals surface area contributed by atoms with Crippen LogP contribution in [0.25, 0.3) is 11.1 Å². The van der Waals surface area contributed by atoms with Gasteiger partial charge < -0.3 is 9.52 Å². The number of aliphatic hydroxyl groups is 1. The lowest BCUT2D eigenvalue weighted by molar-refractivity contribution is 0.169. The van der Waals surface area contributed by atoms with Crippen molar-refractivity contribution in [2.24, 2.45) is 0 Å². The monoisotopic (exact) mass is 239 g/mol. The normalized spacial score (nSPS) is 12.7. The summed E-state index contributed by atoms with van der Waals surface area (Å²) in [5.74, 6) is 0.563. The maximum Gasteiger partial charge on any atom is 0.198 e. The standard InChI is InChI=1S/C15H13NO2/c17-13(11-6-2-1-3-7-11)10-15-16-12-8-4-5-9-14(12)18-15/h1-9,13,17H,10H2. The highest BCUT2D eigenvalue weighted by Gasteiger charge is 2.12. The van der Waals surface area contributed by atoms with Crippen LogP contribution in [-0.2, 0) is 6.42 Å². The average molecular weight is 239 g/mol. The number of para-hydroxylation sites is 2. The molecule has 0 spiro atoms. The molecule has 0 saturated carbocycles. The quantitative estimate of drug-likeness (QED) is 0.763. The van der Waals surface area contributed by atoms with Crippen molar-refractivity contribution in [3.05, 3.63) is 66.1 Å². The van der Waals surface area contributed by atoms with E-state index in [9.17, 15) is 5.11 Å². The van der Waals surface area contributed by atoms with E-state index in [0.717, 1.165) is 16.7 Å². The highest BCUT2D eigenvalue weighted by Crippen LogP contribution is 2.21. The van der Waals surface area contributed by atoms with Gasteiger partial charge in [-0.25, -0.2) is 4.98 Å². The van der Waals surface area contributed by atoms with E-state index < -0.39 is 6.10 Å². The third-order valence-corrected chi connectivity index (χ3v) is 2.89. The summed E-state index contributed by atoms with van der Waals surface area (Å²) in [5.41, 5.74) is 2.46. The third-order valence-electron chi connectivity index (χ3n) is 2.89. The number of oxazole rings is 1. The lowest BCUT2D eigenvalue weighted by Crippen LogP contribution is -2.01. The van der Waals surface area contributed by atoms with Crippen molar-refractivity contribution in [2.45, 2.75) is 12.5 Å². The highest BCUT2D eigenvalue weighted by molar-refractivity contribution is 5.72. The van der Waals surface area contributed by atoms with E-state index >= 15 is 0 Å². The molecule has 0 aliphatic rings. The second kappa shape index (κ2) is 4.63. The number of nitrogens with zero attached hydrogens (tertiary/aromatic N) is 1. The Morgan fingerprint density at radius 2 is 1.72 bits per heavy atom. The first kappa shape index (κ1) is 11.0. The van der Waals surface area contributed by atoms with Gasteiger partial charge in [0.2, 0.25) is 0 Å². The molecule has 2 aromatic carbocycles. The molecular formula is C15H13NO2. The Morgan fingerprint density at radius 1 is 1.00 bits per heavy atom. The predicted octanol–water partition coefficient (Wildman–Crippen LogP) is 3.10. The molecule has 0 aliphatic heterocycles. The SMILES string of the molecule is OC(Cc1nc2ccccc2o1)c1ccccc1. The van der Waals surface area contributed by atoms with E-state index in [1.54, 1.807) is 0 Å². The molecule has 0 aliphatic carbocycles. The molecule has 0 bridgehead atoms. The molecule has 1 atom stereocenters. The molecule has 0 fully saturated rings. The van der Waals surface area contributed by atoms with Crippen molar-refractivity contribution in [3.63, 3.8) is 0 Å². The Morgan fingerprint density at radius 3 is 2.50 bits per heavy atom. The van der Waals surface area contributed by atoms with Gasteiger partial charge in [-0.15, -0.1) is 0 Å². The molecule has 1 unspecified atom stereocenters. The van der Waals surface area contributed by atoms with Crippen LogP contribution >= 0.6 is 0 Å². The van der Waals surface area contributed by atoms with Crippen molar-refractivity contribution in [2.75, 3.05) is 0 Å². The third kappa shape index (κ3) is 2.13. The van der Waals surface area contributed by atoms with Gasteiger partial charge >= 0.3 is 0 Å². The summed E-state index contributed by atoms with van der Waals surface area (Å²) < 4.78 is 5.59. The van der Waals surface area contributed by atoms with Crippen LogP contribution in [0.15, 0.2) is 59.0 Å². The van der Waals surface area contributed by atoms with Gasteiger partial charge in [-0.1, -0.05) is 42.5 Å². The zero-order valence-corrected chi connectivity index (χ0v) is 9.78. The van der Waals surface area contributed by atoms with Gasteiger partial charge in [-0.3, -0.25) is 0 Å². The summed E-state index contributed by atoms with van der Waals surface area (Å²) in [4.78, 5) is 4.35. The van der Waals surface area contributed by atoms with Crippen molar-refractivity contribution in [1.29, 1.82) is 0 Å². The summed E-state index contributed by atoms with van der Waals surface area (Å²) in [5, 5.41) is 10.1. The Labute approximate surface area is 105 Å². The lowest BCUT2D eigenvalue weighted by Gasteiger charge is -2.07. The molecule has 3 rings (SSSR count). The van der Waals surface area contributed by atoms with Crippen molar-refractivity contribution < 1.29 is 9.52 Å².